The third kappa shape index (κ3) is 4.97. The first-order valence-corrected chi connectivity index (χ1v) is 9.61. The van der Waals surface area contributed by atoms with E-state index in [1.165, 1.54) is 5.56 Å². The third-order valence-electron chi connectivity index (χ3n) is 5.43. The second-order valence-corrected chi connectivity index (χ2v) is 7.51. The number of urea groups is 1. The largest absolute Gasteiger partial charge is 0.330 e. The Bertz CT molecular complexity index is 838. The topological polar surface area (TPSA) is 87.5 Å². The predicted octanol–water partition coefficient (Wildman–Crippen LogP) is 2.63. The molecule has 4 N–H and O–H groups in total. The van der Waals surface area contributed by atoms with Gasteiger partial charge in [-0.05, 0) is 55.1 Å². The summed E-state index contributed by atoms with van der Waals surface area (Å²) in [5.41, 5.74) is 10.1. The summed E-state index contributed by atoms with van der Waals surface area (Å²) < 4.78 is 0. The molecule has 0 saturated carbocycles. The zero-order chi connectivity index (χ0) is 20.1. The average molecular weight is 380 g/mol. The molecule has 6 nitrogen and oxygen atoms in total. The van der Waals surface area contributed by atoms with Crippen LogP contribution < -0.4 is 16.4 Å². The van der Waals surface area contributed by atoms with Gasteiger partial charge >= 0.3 is 6.03 Å². The van der Waals surface area contributed by atoms with Crippen molar-refractivity contribution in [2.24, 2.45) is 11.7 Å². The molecule has 6 heteroatoms. The van der Waals surface area contributed by atoms with E-state index in [0.29, 0.717) is 24.1 Å². The zero-order valence-electron chi connectivity index (χ0n) is 16.4. The maximum atomic E-state index is 12.3. The number of aryl methyl sites for hydroxylation is 2. The molecule has 1 saturated heterocycles. The summed E-state index contributed by atoms with van der Waals surface area (Å²) in [6.07, 6.45) is 0. The third-order valence-corrected chi connectivity index (χ3v) is 5.43. The number of rotatable bonds is 5. The van der Waals surface area contributed by atoms with Crippen LogP contribution in [0.5, 0.6) is 0 Å². The van der Waals surface area contributed by atoms with Crippen molar-refractivity contribution in [2.45, 2.75) is 19.8 Å². The van der Waals surface area contributed by atoms with Crippen molar-refractivity contribution in [2.75, 3.05) is 31.5 Å². The summed E-state index contributed by atoms with van der Waals surface area (Å²) in [5.74, 6) is 0.300. The maximum absolute atomic E-state index is 12.3. The SMILES string of the molecule is Cc1ccc(NC(=O)NC(=O)CN2C[C@@H](CN)[C@H](c3ccccc3)C2)cc1C. The monoisotopic (exact) mass is 380 g/mol. The molecule has 2 atom stereocenters. The minimum Gasteiger partial charge on any atom is -0.330 e. The number of benzene rings is 2. The minimum absolute atomic E-state index is 0.181. The molecule has 2 aromatic carbocycles. The molecular weight excluding hydrogens is 352 g/mol. The van der Waals surface area contributed by atoms with Gasteiger partial charge in [0.15, 0.2) is 0 Å². The molecule has 0 bridgehead atoms. The number of nitrogens with two attached hydrogens (primary N) is 1. The van der Waals surface area contributed by atoms with Crippen molar-refractivity contribution in [3.63, 3.8) is 0 Å². The first-order chi connectivity index (χ1) is 13.5. The van der Waals surface area contributed by atoms with Gasteiger partial charge in [-0.15, -0.1) is 0 Å². The van der Waals surface area contributed by atoms with Crippen LogP contribution >= 0.6 is 0 Å². The number of nitrogens with zero attached hydrogens (tertiary/aromatic N) is 1. The Morgan fingerprint density at radius 3 is 2.50 bits per heavy atom. The minimum atomic E-state index is -0.512. The molecule has 1 fully saturated rings. The fourth-order valence-electron chi connectivity index (χ4n) is 3.76. The van der Waals surface area contributed by atoms with Crippen LogP contribution in [0.2, 0.25) is 0 Å². The Morgan fingerprint density at radius 1 is 1.07 bits per heavy atom. The summed E-state index contributed by atoms with van der Waals surface area (Å²) in [7, 11) is 0. The number of carbonyl (C=O) groups excluding carboxylic acids is 2. The summed E-state index contributed by atoms with van der Waals surface area (Å²) in [4.78, 5) is 26.5. The predicted molar refractivity (Wildman–Crippen MR) is 111 cm³/mol. The van der Waals surface area contributed by atoms with E-state index >= 15 is 0 Å². The molecule has 28 heavy (non-hydrogen) atoms. The second kappa shape index (κ2) is 8.99. The van der Waals surface area contributed by atoms with E-state index < -0.39 is 6.03 Å². The molecule has 1 heterocycles. The molecule has 0 spiro atoms. The van der Waals surface area contributed by atoms with Gasteiger partial charge in [-0.1, -0.05) is 36.4 Å². The molecule has 148 valence electrons. The molecule has 3 rings (SSSR count). The first kappa shape index (κ1) is 20.0. The van der Waals surface area contributed by atoms with E-state index in [-0.39, 0.29) is 12.5 Å². The lowest BCUT2D eigenvalue weighted by Gasteiger charge is -2.16. The van der Waals surface area contributed by atoms with Gasteiger partial charge in [0.05, 0.1) is 6.54 Å². The van der Waals surface area contributed by atoms with E-state index in [9.17, 15) is 9.59 Å². The highest BCUT2D eigenvalue weighted by atomic mass is 16.2. The number of anilines is 1. The Labute approximate surface area is 166 Å². The molecule has 0 aromatic heterocycles. The molecular formula is C22H28N4O2. The summed E-state index contributed by atoms with van der Waals surface area (Å²) in [6, 6.07) is 15.4. The number of carbonyl (C=O) groups is 2. The fourth-order valence-corrected chi connectivity index (χ4v) is 3.76. The van der Waals surface area contributed by atoms with Crippen molar-refractivity contribution < 1.29 is 9.59 Å². The van der Waals surface area contributed by atoms with E-state index in [0.717, 1.165) is 24.2 Å². The van der Waals surface area contributed by atoms with E-state index in [2.05, 4.69) is 27.7 Å². The molecule has 0 radical (unpaired) electrons. The fraction of sp³-hybridized carbons (Fsp3) is 0.364. The van der Waals surface area contributed by atoms with E-state index in [4.69, 9.17) is 5.73 Å². The van der Waals surface area contributed by atoms with Crippen LogP contribution in [0.1, 0.15) is 22.6 Å². The van der Waals surface area contributed by atoms with Crippen molar-refractivity contribution in [3.05, 3.63) is 65.2 Å². The van der Waals surface area contributed by atoms with Gasteiger partial charge in [-0.3, -0.25) is 15.0 Å². The zero-order valence-corrected chi connectivity index (χ0v) is 16.4. The van der Waals surface area contributed by atoms with Gasteiger partial charge in [0.25, 0.3) is 0 Å². The molecule has 3 amide bonds. The lowest BCUT2D eigenvalue weighted by molar-refractivity contribution is -0.120. The van der Waals surface area contributed by atoms with Crippen LogP contribution in [0.4, 0.5) is 10.5 Å². The Hall–Kier alpha value is -2.70. The summed E-state index contributed by atoms with van der Waals surface area (Å²) in [5, 5.41) is 5.13. The second-order valence-electron chi connectivity index (χ2n) is 7.51. The first-order valence-electron chi connectivity index (χ1n) is 9.61. The molecule has 0 aliphatic carbocycles. The maximum Gasteiger partial charge on any atom is 0.325 e. The molecule has 0 unspecified atom stereocenters. The Balaban J connectivity index is 1.53. The van der Waals surface area contributed by atoms with Gasteiger partial charge in [0.2, 0.25) is 5.91 Å². The van der Waals surface area contributed by atoms with Gasteiger partial charge in [0, 0.05) is 24.7 Å². The van der Waals surface area contributed by atoms with Gasteiger partial charge in [-0.2, -0.15) is 0 Å². The molecule has 2 aromatic rings. The van der Waals surface area contributed by atoms with Crippen molar-refractivity contribution in [1.29, 1.82) is 0 Å². The van der Waals surface area contributed by atoms with Gasteiger partial charge in [0.1, 0.15) is 0 Å². The number of hydrogen-bond donors (Lipinski definition) is 3. The highest BCUT2D eigenvalue weighted by molar-refractivity contribution is 6.01. The normalized spacial score (nSPS) is 19.4. The number of likely N-dealkylation sites (tertiary alicyclic amines) is 1. The lowest BCUT2D eigenvalue weighted by atomic mass is 9.89. The van der Waals surface area contributed by atoms with E-state index in [1.807, 2.05) is 50.2 Å². The number of nitrogens with one attached hydrogen (secondary N) is 2. The molecule has 1 aliphatic rings. The standard InChI is InChI=1S/C22H28N4O2/c1-15-8-9-19(10-16(15)2)24-22(28)25-21(27)14-26-12-18(11-23)20(13-26)17-6-4-3-5-7-17/h3-10,18,20H,11-14,23H2,1-2H3,(H2,24,25,27,28)/t18-,20+/m1/s1. The van der Waals surface area contributed by atoms with Gasteiger partial charge in [-0.25, -0.2) is 4.79 Å². The van der Waals surface area contributed by atoms with Crippen molar-refractivity contribution in [3.8, 4) is 0 Å². The highest BCUT2D eigenvalue weighted by Gasteiger charge is 2.33. The number of hydrogen-bond acceptors (Lipinski definition) is 4. The number of amides is 3. The summed E-state index contributed by atoms with van der Waals surface area (Å²) in [6.45, 7) is 6.26. The van der Waals surface area contributed by atoms with E-state index in [1.54, 1.807) is 0 Å². The number of imide groups is 1. The van der Waals surface area contributed by atoms with Crippen molar-refractivity contribution in [1.82, 2.24) is 10.2 Å². The Morgan fingerprint density at radius 2 is 1.82 bits per heavy atom. The van der Waals surface area contributed by atoms with Crippen LogP contribution in [0, 0.1) is 19.8 Å². The summed E-state index contributed by atoms with van der Waals surface area (Å²) >= 11 is 0. The quantitative estimate of drug-likeness (QED) is 0.744. The van der Waals surface area contributed by atoms with Crippen LogP contribution in [-0.4, -0.2) is 43.0 Å². The van der Waals surface area contributed by atoms with Crippen LogP contribution in [0.3, 0.4) is 0 Å². The highest BCUT2D eigenvalue weighted by Crippen LogP contribution is 2.31. The van der Waals surface area contributed by atoms with Crippen LogP contribution in [0.25, 0.3) is 0 Å². The van der Waals surface area contributed by atoms with Crippen molar-refractivity contribution >= 4 is 17.6 Å². The lowest BCUT2D eigenvalue weighted by Crippen LogP contribution is -2.41. The Kier molecular flexibility index (Phi) is 6.44. The van der Waals surface area contributed by atoms with Crippen LogP contribution in [-0.2, 0) is 4.79 Å². The molecule has 1 aliphatic heterocycles. The average Bonchev–Trinajstić information content (AvgIpc) is 3.08. The van der Waals surface area contributed by atoms with Gasteiger partial charge < -0.3 is 11.1 Å². The van der Waals surface area contributed by atoms with Crippen LogP contribution in [0.15, 0.2) is 48.5 Å². The smallest absolute Gasteiger partial charge is 0.325 e.